The molecular weight excluding hydrogens is 284 g/mol. The number of alkyl halides is 2. The Morgan fingerprint density at radius 1 is 1.29 bits per heavy atom. The molecule has 0 aromatic heterocycles. The van der Waals surface area contributed by atoms with Crippen molar-refractivity contribution in [2.75, 3.05) is 13.2 Å². The first-order valence-electron chi connectivity index (χ1n) is 7.40. The maximum absolute atomic E-state index is 12.3. The first-order chi connectivity index (χ1) is 10.0. The monoisotopic (exact) mass is 305 g/mol. The molecule has 0 bridgehead atoms. The molecule has 0 radical (unpaired) electrons. The number of fused-ring (bicyclic) bond motifs is 1. The predicted molar refractivity (Wildman–Crippen MR) is 70.1 cm³/mol. The highest BCUT2D eigenvalue weighted by molar-refractivity contribution is 5.84. The Balaban J connectivity index is 1.93. The third-order valence-corrected chi connectivity index (χ3v) is 4.37. The van der Waals surface area contributed by atoms with Crippen LogP contribution >= 0.6 is 0 Å². The van der Waals surface area contributed by atoms with Crippen molar-refractivity contribution < 1.29 is 28.2 Å². The molecule has 2 aliphatic rings. The fourth-order valence-corrected chi connectivity index (χ4v) is 3.50. The third kappa shape index (κ3) is 3.90. The van der Waals surface area contributed by atoms with Crippen molar-refractivity contribution in [1.29, 1.82) is 0 Å². The van der Waals surface area contributed by atoms with Crippen molar-refractivity contribution in [2.24, 2.45) is 5.92 Å². The van der Waals surface area contributed by atoms with Crippen LogP contribution in [0.15, 0.2) is 0 Å². The minimum absolute atomic E-state index is 0.0116. The van der Waals surface area contributed by atoms with E-state index in [-0.39, 0.29) is 30.9 Å². The van der Waals surface area contributed by atoms with Gasteiger partial charge >= 0.3 is 5.97 Å². The van der Waals surface area contributed by atoms with E-state index in [4.69, 9.17) is 4.74 Å². The summed E-state index contributed by atoms with van der Waals surface area (Å²) in [7, 11) is 0. The summed E-state index contributed by atoms with van der Waals surface area (Å²) in [5, 5.41) is 9.30. The van der Waals surface area contributed by atoms with E-state index in [2.05, 4.69) is 0 Å². The lowest BCUT2D eigenvalue weighted by atomic mass is 9.84. The minimum Gasteiger partial charge on any atom is -0.480 e. The number of carboxylic acid groups (broad SMARTS) is 1. The Morgan fingerprint density at radius 2 is 2.00 bits per heavy atom. The number of halogens is 2. The van der Waals surface area contributed by atoms with Crippen LogP contribution in [0.5, 0.6) is 0 Å². The molecule has 2 fully saturated rings. The molecule has 1 N–H and O–H groups in total. The second kappa shape index (κ2) is 7.15. The number of carboxylic acids is 1. The zero-order valence-corrected chi connectivity index (χ0v) is 11.8. The SMILES string of the molecule is O=C(O)C1CC2CCCCC2N1C(=O)CCOCC(F)F. The molecular formula is C14H21F2NO4. The van der Waals surface area contributed by atoms with Gasteiger partial charge in [0.25, 0.3) is 6.43 Å². The molecule has 1 saturated carbocycles. The van der Waals surface area contributed by atoms with E-state index in [9.17, 15) is 23.5 Å². The van der Waals surface area contributed by atoms with Crippen molar-refractivity contribution in [3.05, 3.63) is 0 Å². The van der Waals surface area contributed by atoms with Gasteiger partial charge in [-0.15, -0.1) is 0 Å². The number of likely N-dealkylation sites (tertiary alicyclic amines) is 1. The Hall–Kier alpha value is -1.24. The third-order valence-electron chi connectivity index (χ3n) is 4.37. The van der Waals surface area contributed by atoms with Crippen LogP contribution in [0.1, 0.15) is 38.5 Å². The molecule has 1 heterocycles. The topological polar surface area (TPSA) is 66.8 Å². The summed E-state index contributed by atoms with van der Waals surface area (Å²) >= 11 is 0. The van der Waals surface area contributed by atoms with Crippen LogP contribution in [0, 0.1) is 5.92 Å². The molecule has 1 saturated heterocycles. The summed E-state index contributed by atoms with van der Waals surface area (Å²) in [6, 6.07) is -0.789. The van der Waals surface area contributed by atoms with E-state index >= 15 is 0 Å². The van der Waals surface area contributed by atoms with Crippen LogP contribution in [0.4, 0.5) is 8.78 Å². The predicted octanol–water partition coefficient (Wildman–Crippen LogP) is 1.90. The number of nitrogens with zero attached hydrogens (tertiary/aromatic N) is 1. The van der Waals surface area contributed by atoms with Crippen LogP contribution in [-0.2, 0) is 14.3 Å². The van der Waals surface area contributed by atoms with Crippen LogP contribution in [0.2, 0.25) is 0 Å². The van der Waals surface area contributed by atoms with Gasteiger partial charge in [-0.2, -0.15) is 0 Å². The average Bonchev–Trinajstić information content (AvgIpc) is 2.83. The van der Waals surface area contributed by atoms with Gasteiger partial charge in [-0.3, -0.25) is 4.79 Å². The van der Waals surface area contributed by atoms with Gasteiger partial charge in [-0.05, 0) is 25.2 Å². The molecule has 2 rings (SSSR count). The van der Waals surface area contributed by atoms with Crippen molar-refractivity contribution in [1.82, 2.24) is 4.90 Å². The van der Waals surface area contributed by atoms with E-state index in [0.717, 1.165) is 25.7 Å². The van der Waals surface area contributed by atoms with Crippen LogP contribution < -0.4 is 0 Å². The van der Waals surface area contributed by atoms with Crippen LogP contribution in [0.25, 0.3) is 0 Å². The summed E-state index contributed by atoms with van der Waals surface area (Å²) in [5.41, 5.74) is 0. The zero-order chi connectivity index (χ0) is 15.4. The van der Waals surface area contributed by atoms with Gasteiger partial charge in [-0.1, -0.05) is 12.8 Å². The second-order valence-electron chi connectivity index (χ2n) is 5.72. The normalized spacial score (nSPS) is 28.7. The highest BCUT2D eigenvalue weighted by Crippen LogP contribution is 2.40. The number of carbonyl (C=O) groups is 2. The summed E-state index contributed by atoms with van der Waals surface area (Å²) in [4.78, 5) is 25.1. The maximum atomic E-state index is 12.3. The number of carbonyl (C=O) groups excluding carboxylic acids is 1. The lowest BCUT2D eigenvalue weighted by Crippen LogP contribution is -2.46. The Labute approximate surface area is 122 Å². The van der Waals surface area contributed by atoms with Crippen molar-refractivity contribution >= 4 is 11.9 Å². The van der Waals surface area contributed by atoms with E-state index < -0.39 is 25.0 Å². The second-order valence-corrected chi connectivity index (χ2v) is 5.72. The standard InChI is InChI=1S/C14H21F2NO4/c15-12(16)8-21-6-5-13(18)17-10-4-2-1-3-9(10)7-11(17)14(19)20/h9-12H,1-8H2,(H,19,20). The quantitative estimate of drug-likeness (QED) is 0.761. The smallest absolute Gasteiger partial charge is 0.326 e. The molecule has 0 aromatic carbocycles. The van der Waals surface area contributed by atoms with Crippen molar-refractivity contribution in [3.8, 4) is 0 Å². The van der Waals surface area contributed by atoms with Crippen LogP contribution in [-0.4, -0.2) is 53.6 Å². The van der Waals surface area contributed by atoms with Gasteiger partial charge in [0.05, 0.1) is 13.0 Å². The molecule has 0 aromatic rings. The molecule has 120 valence electrons. The number of amides is 1. The molecule has 1 aliphatic carbocycles. The molecule has 0 spiro atoms. The summed E-state index contributed by atoms with van der Waals surface area (Å²) in [6.45, 7) is -0.787. The Morgan fingerprint density at radius 3 is 2.67 bits per heavy atom. The molecule has 3 atom stereocenters. The highest BCUT2D eigenvalue weighted by atomic mass is 19.3. The number of ether oxygens (including phenoxy) is 1. The summed E-state index contributed by atoms with van der Waals surface area (Å²) in [6.07, 6.45) is 1.77. The van der Waals surface area contributed by atoms with Gasteiger partial charge in [0.15, 0.2) is 0 Å². The zero-order valence-electron chi connectivity index (χ0n) is 11.8. The van der Waals surface area contributed by atoms with Crippen molar-refractivity contribution in [3.63, 3.8) is 0 Å². The molecule has 5 nitrogen and oxygen atoms in total. The largest absolute Gasteiger partial charge is 0.480 e. The minimum atomic E-state index is -2.55. The van der Waals surface area contributed by atoms with Crippen molar-refractivity contribution in [2.45, 2.75) is 57.0 Å². The Bertz CT molecular complexity index is 391. The number of rotatable bonds is 6. The molecule has 1 amide bonds. The van der Waals surface area contributed by atoms with E-state index in [1.807, 2.05) is 0 Å². The number of hydrogen-bond acceptors (Lipinski definition) is 3. The van der Waals surface area contributed by atoms with Gasteiger partial charge in [-0.25, -0.2) is 13.6 Å². The van der Waals surface area contributed by atoms with Gasteiger partial charge in [0, 0.05) is 6.04 Å². The highest BCUT2D eigenvalue weighted by Gasteiger charge is 2.47. The summed E-state index contributed by atoms with van der Waals surface area (Å²) in [5.74, 6) is -1.02. The average molecular weight is 305 g/mol. The molecule has 21 heavy (non-hydrogen) atoms. The molecule has 7 heteroatoms. The fourth-order valence-electron chi connectivity index (χ4n) is 3.50. The van der Waals surface area contributed by atoms with Gasteiger partial charge in [0.1, 0.15) is 12.6 Å². The van der Waals surface area contributed by atoms with E-state index in [1.54, 1.807) is 0 Å². The van der Waals surface area contributed by atoms with E-state index in [1.165, 1.54) is 4.90 Å². The molecule has 3 unspecified atom stereocenters. The Kier molecular flexibility index (Phi) is 5.50. The van der Waals surface area contributed by atoms with E-state index in [0.29, 0.717) is 6.42 Å². The van der Waals surface area contributed by atoms with Gasteiger partial charge < -0.3 is 14.7 Å². The number of aliphatic carboxylic acids is 1. The number of hydrogen-bond donors (Lipinski definition) is 1. The fraction of sp³-hybridized carbons (Fsp3) is 0.857. The lowest BCUT2D eigenvalue weighted by molar-refractivity contribution is -0.150. The maximum Gasteiger partial charge on any atom is 0.326 e. The van der Waals surface area contributed by atoms with Crippen LogP contribution in [0.3, 0.4) is 0 Å². The first kappa shape index (κ1) is 16.1. The summed E-state index contributed by atoms with van der Waals surface area (Å²) < 4.78 is 28.6. The van der Waals surface area contributed by atoms with Gasteiger partial charge in [0.2, 0.25) is 5.91 Å². The lowest BCUT2D eigenvalue weighted by Gasteiger charge is -2.33. The first-order valence-corrected chi connectivity index (χ1v) is 7.40. The molecule has 1 aliphatic heterocycles.